The Kier molecular flexibility index (Phi) is 6.82. The van der Waals surface area contributed by atoms with E-state index in [1.165, 1.54) is 0 Å². The molecule has 0 aliphatic heterocycles. The topological polar surface area (TPSA) is 55.4 Å². The molecule has 0 aliphatic carbocycles. The van der Waals surface area contributed by atoms with Crippen LogP contribution in [0.4, 0.5) is 0 Å². The quantitative estimate of drug-likeness (QED) is 0.608. The van der Waals surface area contributed by atoms with E-state index in [9.17, 15) is 9.59 Å². The van der Waals surface area contributed by atoms with Crippen molar-refractivity contribution in [3.8, 4) is 0 Å². The van der Waals surface area contributed by atoms with Crippen LogP contribution in [0.2, 0.25) is 5.02 Å². The Morgan fingerprint density at radius 2 is 1.46 bits per heavy atom. The number of rotatable bonds is 7. The molecule has 0 heterocycles. The normalized spacial score (nSPS) is 10.5. The molecule has 0 bridgehead atoms. The Morgan fingerprint density at radius 1 is 0.857 bits per heavy atom. The van der Waals surface area contributed by atoms with Crippen LogP contribution in [0.1, 0.15) is 22.6 Å². The van der Waals surface area contributed by atoms with E-state index in [0.717, 1.165) is 16.7 Å². The average Bonchev–Trinajstić information content (AvgIpc) is 2.72. The minimum absolute atomic E-state index is 0.317. The molecule has 0 aromatic heterocycles. The molecule has 0 radical (unpaired) electrons. The molecule has 4 nitrogen and oxygen atoms in total. The molecule has 3 aromatic rings. The van der Waals surface area contributed by atoms with Crippen LogP contribution >= 0.6 is 11.6 Å². The molecule has 0 unspecified atom stereocenters. The number of hydrogen-bond donors (Lipinski definition) is 1. The zero-order valence-electron chi connectivity index (χ0n) is 15.2. The highest BCUT2D eigenvalue weighted by atomic mass is 35.5. The number of carbonyl (C=O) groups excluding carboxylic acids is 2. The van der Waals surface area contributed by atoms with Gasteiger partial charge in [-0.05, 0) is 28.8 Å². The van der Waals surface area contributed by atoms with Crippen LogP contribution in [0.15, 0.2) is 84.9 Å². The highest BCUT2D eigenvalue weighted by Crippen LogP contribution is 2.25. The third-order valence-electron chi connectivity index (χ3n) is 4.23. The van der Waals surface area contributed by atoms with Gasteiger partial charge >= 0.3 is 5.97 Å². The predicted octanol–water partition coefficient (Wildman–Crippen LogP) is 4.33. The van der Waals surface area contributed by atoms with Gasteiger partial charge in [0.2, 0.25) is 0 Å². The summed E-state index contributed by atoms with van der Waals surface area (Å²) < 4.78 is 5.31. The second-order valence-electron chi connectivity index (χ2n) is 6.27. The van der Waals surface area contributed by atoms with Gasteiger partial charge in [-0.15, -0.1) is 0 Å². The van der Waals surface area contributed by atoms with Crippen LogP contribution in [0.5, 0.6) is 0 Å². The van der Waals surface area contributed by atoms with Crippen LogP contribution < -0.4 is 5.32 Å². The van der Waals surface area contributed by atoms with Crippen molar-refractivity contribution in [2.75, 3.05) is 6.61 Å². The minimum Gasteiger partial charge on any atom is -0.455 e. The molecule has 3 rings (SSSR count). The summed E-state index contributed by atoms with van der Waals surface area (Å²) >= 11 is 5.93. The number of ether oxygens (including phenoxy) is 1. The standard InChI is InChI=1S/C23H20ClNO3/c24-20-13-7-8-17(14-20)15-25-21(26)16-28-23(27)22(18-9-3-1-4-10-18)19-11-5-2-6-12-19/h1-14,22H,15-16H2,(H,25,26). The van der Waals surface area contributed by atoms with Crippen LogP contribution in [0.25, 0.3) is 0 Å². The molecule has 1 N–H and O–H groups in total. The number of esters is 1. The maximum atomic E-state index is 12.7. The van der Waals surface area contributed by atoms with Crippen molar-refractivity contribution in [1.29, 1.82) is 0 Å². The molecule has 1 amide bonds. The van der Waals surface area contributed by atoms with Gasteiger partial charge in [-0.1, -0.05) is 84.4 Å². The second-order valence-corrected chi connectivity index (χ2v) is 6.71. The molecular weight excluding hydrogens is 374 g/mol. The Hall–Kier alpha value is -3.11. The van der Waals surface area contributed by atoms with Crippen molar-refractivity contribution in [2.24, 2.45) is 0 Å². The van der Waals surface area contributed by atoms with Crippen LogP contribution in [-0.2, 0) is 20.9 Å². The van der Waals surface area contributed by atoms with Gasteiger partial charge in [0, 0.05) is 11.6 Å². The van der Waals surface area contributed by atoms with Crippen LogP contribution in [-0.4, -0.2) is 18.5 Å². The first-order valence-electron chi connectivity index (χ1n) is 8.91. The third-order valence-corrected chi connectivity index (χ3v) is 4.46. The van der Waals surface area contributed by atoms with Gasteiger partial charge < -0.3 is 10.1 Å². The summed E-state index contributed by atoms with van der Waals surface area (Å²) in [5, 5.41) is 3.33. The van der Waals surface area contributed by atoms with Crippen molar-refractivity contribution < 1.29 is 14.3 Å². The lowest BCUT2D eigenvalue weighted by atomic mass is 9.91. The van der Waals surface area contributed by atoms with Gasteiger partial charge in [0.25, 0.3) is 5.91 Å². The van der Waals surface area contributed by atoms with E-state index in [2.05, 4.69) is 5.32 Å². The Labute approximate surface area is 169 Å². The number of nitrogens with one attached hydrogen (secondary N) is 1. The van der Waals surface area contributed by atoms with Gasteiger partial charge in [0.05, 0.1) is 0 Å². The summed E-state index contributed by atoms with van der Waals surface area (Å²) in [6.45, 7) is -0.0205. The molecule has 0 aliphatic rings. The van der Waals surface area contributed by atoms with Crippen LogP contribution in [0.3, 0.4) is 0 Å². The van der Waals surface area contributed by atoms with Gasteiger partial charge in [-0.25, -0.2) is 0 Å². The largest absolute Gasteiger partial charge is 0.455 e. The highest BCUT2D eigenvalue weighted by molar-refractivity contribution is 6.30. The van der Waals surface area contributed by atoms with Crippen molar-refractivity contribution >= 4 is 23.5 Å². The first-order chi connectivity index (χ1) is 13.6. The van der Waals surface area contributed by atoms with Gasteiger partial charge in [-0.3, -0.25) is 9.59 Å². The van der Waals surface area contributed by atoms with Crippen molar-refractivity contribution in [2.45, 2.75) is 12.5 Å². The van der Waals surface area contributed by atoms with E-state index >= 15 is 0 Å². The molecule has 0 saturated heterocycles. The summed E-state index contributed by atoms with van der Waals surface area (Å²) in [6.07, 6.45) is 0. The smallest absolute Gasteiger partial charge is 0.318 e. The van der Waals surface area contributed by atoms with Crippen LogP contribution in [0, 0.1) is 0 Å². The average molecular weight is 394 g/mol. The number of amides is 1. The van der Waals surface area contributed by atoms with E-state index < -0.39 is 11.9 Å². The maximum absolute atomic E-state index is 12.7. The Balaban J connectivity index is 1.61. The van der Waals surface area contributed by atoms with Crippen molar-refractivity contribution in [1.82, 2.24) is 5.32 Å². The lowest BCUT2D eigenvalue weighted by Crippen LogP contribution is -2.29. The first-order valence-corrected chi connectivity index (χ1v) is 9.29. The number of carbonyl (C=O) groups is 2. The van der Waals surface area contributed by atoms with E-state index in [4.69, 9.17) is 16.3 Å². The summed E-state index contributed by atoms with van der Waals surface area (Å²) in [7, 11) is 0. The van der Waals surface area contributed by atoms with Crippen molar-refractivity contribution in [3.05, 3.63) is 107 Å². The molecule has 0 atom stereocenters. The van der Waals surface area contributed by atoms with Gasteiger partial charge in [0.1, 0.15) is 5.92 Å². The Morgan fingerprint density at radius 3 is 2.04 bits per heavy atom. The van der Waals surface area contributed by atoms with E-state index in [-0.39, 0.29) is 12.5 Å². The number of halogens is 1. The fourth-order valence-electron chi connectivity index (χ4n) is 2.87. The maximum Gasteiger partial charge on any atom is 0.318 e. The fourth-order valence-corrected chi connectivity index (χ4v) is 3.09. The number of hydrogen-bond acceptors (Lipinski definition) is 3. The lowest BCUT2D eigenvalue weighted by Gasteiger charge is -2.17. The molecular formula is C23H20ClNO3. The molecule has 3 aromatic carbocycles. The SMILES string of the molecule is O=C(COC(=O)C(c1ccccc1)c1ccccc1)NCc1cccc(Cl)c1. The lowest BCUT2D eigenvalue weighted by molar-refractivity contribution is -0.149. The summed E-state index contributed by atoms with van der Waals surface area (Å²) in [6, 6.07) is 26.0. The summed E-state index contributed by atoms with van der Waals surface area (Å²) in [5.74, 6) is -1.41. The van der Waals surface area contributed by atoms with E-state index in [1.54, 1.807) is 12.1 Å². The summed E-state index contributed by atoms with van der Waals surface area (Å²) in [5.41, 5.74) is 2.51. The molecule has 28 heavy (non-hydrogen) atoms. The summed E-state index contributed by atoms with van der Waals surface area (Å²) in [4.78, 5) is 24.8. The molecule has 5 heteroatoms. The molecule has 0 spiro atoms. The zero-order chi connectivity index (χ0) is 19.8. The molecule has 0 fully saturated rings. The van der Waals surface area contributed by atoms with E-state index in [0.29, 0.717) is 11.6 Å². The monoisotopic (exact) mass is 393 g/mol. The minimum atomic E-state index is -0.580. The predicted molar refractivity (Wildman–Crippen MR) is 109 cm³/mol. The first kappa shape index (κ1) is 19.6. The number of benzene rings is 3. The second kappa shape index (κ2) is 9.72. The fraction of sp³-hybridized carbons (Fsp3) is 0.130. The van der Waals surface area contributed by atoms with Gasteiger partial charge in [0.15, 0.2) is 6.61 Å². The van der Waals surface area contributed by atoms with E-state index in [1.807, 2.05) is 72.8 Å². The molecule has 142 valence electrons. The molecule has 0 saturated carbocycles. The Bertz CT molecular complexity index is 889. The zero-order valence-corrected chi connectivity index (χ0v) is 15.9. The van der Waals surface area contributed by atoms with Crippen molar-refractivity contribution in [3.63, 3.8) is 0 Å². The highest BCUT2D eigenvalue weighted by Gasteiger charge is 2.24. The third kappa shape index (κ3) is 5.44. The van der Waals surface area contributed by atoms with Gasteiger partial charge in [-0.2, -0.15) is 0 Å².